The first-order chi connectivity index (χ1) is 6.87. The molecule has 1 atom stereocenters. The SMILES string of the molecule is CCC1(C(=O)C(=O)O)C(=O)CC(=O)C1=O. The summed E-state index contributed by atoms with van der Waals surface area (Å²) in [7, 11) is 0. The zero-order valence-electron chi connectivity index (χ0n) is 7.90. The summed E-state index contributed by atoms with van der Waals surface area (Å²) in [5.41, 5.74) is -2.26. The molecule has 1 rings (SSSR count). The van der Waals surface area contributed by atoms with Crippen molar-refractivity contribution in [3.63, 3.8) is 0 Å². The highest BCUT2D eigenvalue weighted by atomic mass is 16.4. The van der Waals surface area contributed by atoms with E-state index in [0.717, 1.165) is 0 Å². The van der Waals surface area contributed by atoms with E-state index in [1.54, 1.807) is 0 Å². The van der Waals surface area contributed by atoms with Crippen LogP contribution in [0.15, 0.2) is 0 Å². The van der Waals surface area contributed by atoms with E-state index in [1.807, 2.05) is 0 Å². The summed E-state index contributed by atoms with van der Waals surface area (Å²) >= 11 is 0. The first-order valence-electron chi connectivity index (χ1n) is 4.26. The Bertz CT molecular complexity index is 393. The third kappa shape index (κ3) is 1.29. The van der Waals surface area contributed by atoms with Gasteiger partial charge in [-0.25, -0.2) is 4.79 Å². The van der Waals surface area contributed by atoms with Gasteiger partial charge in [-0.2, -0.15) is 0 Å². The summed E-state index contributed by atoms with van der Waals surface area (Å²) in [6.07, 6.45) is -0.965. The van der Waals surface area contributed by atoms with E-state index in [-0.39, 0.29) is 6.42 Å². The van der Waals surface area contributed by atoms with Crippen LogP contribution in [0.5, 0.6) is 0 Å². The summed E-state index contributed by atoms with van der Waals surface area (Å²) in [5.74, 6) is -6.47. The van der Waals surface area contributed by atoms with Crippen molar-refractivity contribution in [2.75, 3.05) is 0 Å². The van der Waals surface area contributed by atoms with Crippen LogP contribution in [0.25, 0.3) is 0 Å². The van der Waals surface area contributed by atoms with Crippen molar-refractivity contribution in [1.29, 1.82) is 0 Å². The number of carbonyl (C=O) groups is 5. The maximum atomic E-state index is 11.4. The van der Waals surface area contributed by atoms with Crippen molar-refractivity contribution in [1.82, 2.24) is 0 Å². The van der Waals surface area contributed by atoms with Crippen molar-refractivity contribution in [3.8, 4) is 0 Å². The van der Waals surface area contributed by atoms with E-state index in [9.17, 15) is 24.0 Å². The molecule has 0 bridgehead atoms. The van der Waals surface area contributed by atoms with Gasteiger partial charge in [-0.3, -0.25) is 19.2 Å². The Morgan fingerprint density at radius 1 is 1.33 bits per heavy atom. The van der Waals surface area contributed by atoms with Crippen LogP contribution in [-0.2, 0) is 24.0 Å². The lowest BCUT2D eigenvalue weighted by Gasteiger charge is -2.18. The fourth-order valence-corrected chi connectivity index (χ4v) is 1.67. The fourth-order valence-electron chi connectivity index (χ4n) is 1.67. The van der Waals surface area contributed by atoms with Crippen LogP contribution >= 0.6 is 0 Å². The Morgan fingerprint density at radius 3 is 2.13 bits per heavy atom. The van der Waals surface area contributed by atoms with Crippen molar-refractivity contribution in [3.05, 3.63) is 0 Å². The number of rotatable bonds is 3. The number of hydrogen-bond acceptors (Lipinski definition) is 5. The smallest absolute Gasteiger partial charge is 0.373 e. The first-order valence-corrected chi connectivity index (χ1v) is 4.26. The van der Waals surface area contributed by atoms with Gasteiger partial charge in [0.1, 0.15) is 0 Å². The second-order valence-electron chi connectivity index (χ2n) is 3.25. The predicted octanol–water partition coefficient (Wildman–Crippen LogP) is -0.853. The van der Waals surface area contributed by atoms with E-state index in [4.69, 9.17) is 5.11 Å². The summed E-state index contributed by atoms with van der Waals surface area (Å²) in [4.78, 5) is 55.5. The van der Waals surface area contributed by atoms with Gasteiger partial charge in [-0.15, -0.1) is 0 Å². The normalized spacial score (nSPS) is 25.8. The molecule has 0 aromatic rings. The minimum Gasteiger partial charge on any atom is -0.475 e. The van der Waals surface area contributed by atoms with Gasteiger partial charge in [0.15, 0.2) is 11.2 Å². The number of ketones is 4. The van der Waals surface area contributed by atoms with Crippen molar-refractivity contribution in [2.45, 2.75) is 19.8 Å². The molecule has 80 valence electrons. The van der Waals surface area contributed by atoms with Crippen LogP contribution in [0.1, 0.15) is 19.8 Å². The maximum absolute atomic E-state index is 11.4. The van der Waals surface area contributed by atoms with Crippen LogP contribution in [0, 0.1) is 5.41 Å². The molecule has 0 saturated heterocycles. The molecule has 1 saturated carbocycles. The van der Waals surface area contributed by atoms with Gasteiger partial charge in [0.05, 0.1) is 6.42 Å². The molecule has 0 aliphatic heterocycles. The molecule has 0 aromatic heterocycles. The zero-order valence-corrected chi connectivity index (χ0v) is 7.90. The monoisotopic (exact) mass is 212 g/mol. The van der Waals surface area contributed by atoms with Crippen LogP contribution < -0.4 is 0 Å². The third-order valence-electron chi connectivity index (χ3n) is 2.55. The molecule has 6 heteroatoms. The maximum Gasteiger partial charge on any atom is 0.373 e. The Hall–Kier alpha value is -1.85. The second-order valence-corrected chi connectivity index (χ2v) is 3.25. The molecular formula is C9H8O6. The van der Waals surface area contributed by atoms with E-state index < -0.39 is 40.9 Å². The fraction of sp³-hybridized carbons (Fsp3) is 0.444. The highest BCUT2D eigenvalue weighted by molar-refractivity contribution is 6.62. The van der Waals surface area contributed by atoms with Crippen LogP contribution in [-0.4, -0.2) is 34.2 Å². The highest BCUT2D eigenvalue weighted by Crippen LogP contribution is 2.34. The summed E-state index contributed by atoms with van der Waals surface area (Å²) in [6, 6.07) is 0. The Labute approximate surface area is 84.3 Å². The lowest BCUT2D eigenvalue weighted by molar-refractivity contribution is -0.159. The average Bonchev–Trinajstić information content (AvgIpc) is 2.38. The third-order valence-corrected chi connectivity index (χ3v) is 2.55. The quantitative estimate of drug-likeness (QED) is 0.482. The van der Waals surface area contributed by atoms with Gasteiger partial charge in [0, 0.05) is 0 Å². The molecule has 6 nitrogen and oxygen atoms in total. The zero-order chi connectivity index (χ0) is 11.8. The number of carboxylic acid groups (broad SMARTS) is 1. The van der Waals surface area contributed by atoms with Gasteiger partial charge >= 0.3 is 5.97 Å². The van der Waals surface area contributed by atoms with Gasteiger partial charge in [0.25, 0.3) is 5.78 Å². The molecule has 0 aromatic carbocycles. The molecule has 0 amide bonds. The summed E-state index contributed by atoms with van der Waals surface area (Å²) in [5, 5.41) is 8.50. The van der Waals surface area contributed by atoms with Crippen LogP contribution in [0.3, 0.4) is 0 Å². The Morgan fingerprint density at radius 2 is 1.87 bits per heavy atom. The number of hydrogen-bond donors (Lipinski definition) is 1. The predicted molar refractivity (Wildman–Crippen MR) is 45.0 cm³/mol. The van der Waals surface area contributed by atoms with Gasteiger partial charge in [-0.05, 0) is 6.42 Å². The molecule has 1 unspecified atom stereocenters. The topological polar surface area (TPSA) is 106 Å². The largest absolute Gasteiger partial charge is 0.475 e. The van der Waals surface area contributed by atoms with Crippen molar-refractivity contribution in [2.24, 2.45) is 5.41 Å². The first kappa shape index (κ1) is 11.2. The molecule has 1 aliphatic carbocycles. The van der Waals surface area contributed by atoms with E-state index >= 15 is 0 Å². The second kappa shape index (κ2) is 3.38. The van der Waals surface area contributed by atoms with Crippen LogP contribution in [0.4, 0.5) is 0 Å². The molecular weight excluding hydrogens is 204 g/mol. The minimum absolute atomic E-state index is 0.290. The van der Waals surface area contributed by atoms with E-state index in [0.29, 0.717) is 0 Å². The lowest BCUT2D eigenvalue weighted by Crippen LogP contribution is -2.45. The Kier molecular flexibility index (Phi) is 2.53. The summed E-state index contributed by atoms with van der Waals surface area (Å²) < 4.78 is 0. The number of Topliss-reactive ketones (excluding diaryl/α,β-unsaturated/α-hetero) is 4. The van der Waals surface area contributed by atoms with Crippen LogP contribution in [0.2, 0.25) is 0 Å². The molecule has 0 spiro atoms. The van der Waals surface area contributed by atoms with Gasteiger partial charge < -0.3 is 5.11 Å². The lowest BCUT2D eigenvalue weighted by atomic mass is 9.77. The van der Waals surface area contributed by atoms with Crippen molar-refractivity contribution < 1.29 is 29.1 Å². The van der Waals surface area contributed by atoms with Gasteiger partial charge in [-0.1, -0.05) is 6.92 Å². The molecule has 0 radical (unpaired) electrons. The molecule has 0 heterocycles. The number of carbonyl (C=O) groups excluding carboxylic acids is 4. The highest BCUT2D eigenvalue weighted by Gasteiger charge is 2.60. The van der Waals surface area contributed by atoms with E-state index in [1.165, 1.54) is 6.92 Å². The van der Waals surface area contributed by atoms with Gasteiger partial charge in [0.2, 0.25) is 11.6 Å². The average molecular weight is 212 g/mol. The number of carboxylic acids is 1. The standard InChI is InChI=1S/C9H8O6/c1-2-9(7(13)8(14)15)5(11)3-4(10)6(9)12/h2-3H2,1H3,(H,14,15). The van der Waals surface area contributed by atoms with E-state index in [2.05, 4.69) is 0 Å². The number of aliphatic carboxylic acids is 1. The molecule has 15 heavy (non-hydrogen) atoms. The van der Waals surface area contributed by atoms with Crippen molar-refractivity contribution >= 4 is 29.1 Å². The minimum atomic E-state index is -2.26. The molecule has 1 fully saturated rings. The molecule has 1 N–H and O–H groups in total. The molecule has 1 aliphatic rings. The Balaban J connectivity index is 3.32. The summed E-state index contributed by atoms with van der Waals surface area (Å²) in [6.45, 7) is 1.33.